The lowest BCUT2D eigenvalue weighted by Gasteiger charge is -2.38. The number of benzene rings is 3. The average molecular weight is 365 g/mol. The molecule has 1 atom stereocenters. The van der Waals surface area contributed by atoms with Gasteiger partial charge in [0, 0.05) is 22.8 Å². The molecule has 1 aliphatic rings. The first-order valence-electron chi connectivity index (χ1n) is 8.32. The first-order valence-corrected chi connectivity index (χ1v) is 8.70. The van der Waals surface area contributed by atoms with E-state index in [0.29, 0.717) is 22.7 Å². The zero-order valence-corrected chi connectivity index (χ0v) is 14.6. The molecule has 0 saturated carbocycles. The Morgan fingerprint density at radius 2 is 1.73 bits per heavy atom. The minimum absolute atomic E-state index is 0.0902. The van der Waals surface area contributed by atoms with Crippen LogP contribution in [0.25, 0.3) is 0 Å². The molecule has 1 heterocycles. The third-order valence-corrected chi connectivity index (χ3v) is 4.74. The van der Waals surface area contributed by atoms with Gasteiger partial charge >= 0.3 is 0 Å². The van der Waals surface area contributed by atoms with Crippen molar-refractivity contribution >= 4 is 23.2 Å². The van der Waals surface area contributed by atoms with Crippen molar-refractivity contribution in [2.24, 2.45) is 0 Å². The predicted molar refractivity (Wildman–Crippen MR) is 102 cm³/mol. The van der Waals surface area contributed by atoms with E-state index in [-0.39, 0.29) is 11.7 Å². The second-order valence-corrected chi connectivity index (χ2v) is 6.65. The number of phenols is 1. The summed E-state index contributed by atoms with van der Waals surface area (Å²) < 4.78 is 0. The van der Waals surface area contributed by atoms with Crippen LogP contribution in [0.4, 0.5) is 5.69 Å². The number of nitrogens with one attached hydrogen (secondary N) is 1. The second-order valence-electron chi connectivity index (χ2n) is 6.21. The van der Waals surface area contributed by atoms with E-state index < -0.39 is 6.17 Å². The van der Waals surface area contributed by atoms with Crippen molar-refractivity contribution in [3.05, 3.63) is 94.5 Å². The van der Waals surface area contributed by atoms with Gasteiger partial charge in [-0.25, -0.2) is 0 Å². The van der Waals surface area contributed by atoms with Crippen LogP contribution >= 0.6 is 11.6 Å². The molecule has 1 amide bonds. The number of phenolic OH excluding ortho intramolecular Hbond substituents is 1. The number of aromatic hydroxyl groups is 1. The largest absolute Gasteiger partial charge is 0.508 e. The number of hydrogen-bond acceptors (Lipinski definition) is 3. The fourth-order valence-electron chi connectivity index (χ4n) is 3.23. The van der Waals surface area contributed by atoms with E-state index in [2.05, 4.69) is 5.32 Å². The van der Waals surface area contributed by atoms with Gasteiger partial charge in [0.25, 0.3) is 5.91 Å². The average Bonchev–Trinajstić information content (AvgIpc) is 2.67. The quantitative estimate of drug-likeness (QED) is 0.701. The molecular formula is C21H17ClN2O2. The number of para-hydroxylation sites is 1. The monoisotopic (exact) mass is 364 g/mol. The Morgan fingerprint density at radius 3 is 2.54 bits per heavy atom. The molecule has 4 rings (SSSR count). The van der Waals surface area contributed by atoms with E-state index in [9.17, 15) is 9.90 Å². The van der Waals surface area contributed by atoms with Crippen LogP contribution in [0.15, 0.2) is 72.8 Å². The molecule has 1 aliphatic heterocycles. The number of hydrogen-bond donors (Lipinski definition) is 2. The molecule has 0 bridgehead atoms. The predicted octanol–water partition coefficient (Wildman–Crippen LogP) is 4.81. The number of fused-ring (bicyclic) bond motifs is 1. The zero-order valence-electron chi connectivity index (χ0n) is 13.9. The molecule has 0 radical (unpaired) electrons. The van der Waals surface area contributed by atoms with Crippen LogP contribution in [-0.4, -0.2) is 15.9 Å². The Labute approximate surface area is 156 Å². The highest BCUT2D eigenvalue weighted by Crippen LogP contribution is 2.38. The van der Waals surface area contributed by atoms with Crippen molar-refractivity contribution in [3.8, 4) is 5.75 Å². The normalized spacial score (nSPS) is 16.1. The molecule has 0 aromatic heterocycles. The van der Waals surface area contributed by atoms with Gasteiger partial charge < -0.3 is 15.3 Å². The van der Waals surface area contributed by atoms with Crippen molar-refractivity contribution in [2.45, 2.75) is 12.7 Å². The number of halogens is 1. The molecule has 3 aromatic carbocycles. The van der Waals surface area contributed by atoms with Crippen LogP contribution in [0, 0.1) is 0 Å². The molecular weight excluding hydrogens is 348 g/mol. The highest BCUT2D eigenvalue weighted by molar-refractivity contribution is 6.30. The Kier molecular flexibility index (Phi) is 4.27. The van der Waals surface area contributed by atoms with Gasteiger partial charge in [-0.3, -0.25) is 4.79 Å². The van der Waals surface area contributed by atoms with E-state index in [1.54, 1.807) is 29.2 Å². The summed E-state index contributed by atoms with van der Waals surface area (Å²) >= 11 is 6.14. The second kappa shape index (κ2) is 6.73. The van der Waals surface area contributed by atoms with Gasteiger partial charge in [0.2, 0.25) is 0 Å². The van der Waals surface area contributed by atoms with Crippen LogP contribution < -0.4 is 5.32 Å². The number of anilines is 1. The van der Waals surface area contributed by atoms with Crippen LogP contribution in [-0.2, 0) is 6.54 Å². The molecule has 0 fully saturated rings. The van der Waals surface area contributed by atoms with Gasteiger partial charge in [0.1, 0.15) is 11.9 Å². The van der Waals surface area contributed by atoms with Gasteiger partial charge in [-0.2, -0.15) is 0 Å². The highest BCUT2D eigenvalue weighted by atomic mass is 35.5. The molecule has 130 valence electrons. The fourth-order valence-corrected chi connectivity index (χ4v) is 3.41. The SMILES string of the molecule is O=C1c2ccccc2NC(c2cc(Cl)ccc2O)N1Cc1ccccc1. The van der Waals surface area contributed by atoms with Gasteiger partial charge in [-0.1, -0.05) is 54.1 Å². The molecule has 1 unspecified atom stereocenters. The van der Waals surface area contributed by atoms with Crippen LogP contribution in [0.1, 0.15) is 27.7 Å². The van der Waals surface area contributed by atoms with E-state index >= 15 is 0 Å². The van der Waals surface area contributed by atoms with Crippen LogP contribution in [0.5, 0.6) is 5.75 Å². The molecule has 5 heteroatoms. The molecule has 3 aromatic rings. The first kappa shape index (κ1) is 16.5. The Balaban J connectivity index is 1.81. The number of rotatable bonds is 3. The standard InChI is InChI=1S/C21H17ClN2O2/c22-15-10-11-19(25)17(12-15)20-23-18-9-5-4-8-16(18)21(26)24(20)13-14-6-2-1-3-7-14/h1-12,20,23,25H,13H2. The molecule has 2 N–H and O–H groups in total. The number of carbonyl (C=O) groups is 1. The number of nitrogens with zero attached hydrogens (tertiary/aromatic N) is 1. The molecule has 0 saturated heterocycles. The van der Waals surface area contributed by atoms with Crippen LogP contribution in [0.3, 0.4) is 0 Å². The zero-order chi connectivity index (χ0) is 18.1. The lowest BCUT2D eigenvalue weighted by molar-refractivity contribution is 0.0665. The highest BCUT2D eigenvalue weighted by Gasteiger charge is 2.34. The summed E-state index contributed by atoms with van der Waals surface area (Å²) in [5, 5.41) is 14.2. The van der Waals surface area contributed by atoms with Gasteiger partial charge in [0.15, 0.2) is 0 Å². The van der Waals surface area contributed by atoms with E-state index in [1.165, 1.54) is 0 Å². The van der Waals surface area contributed by atoms with E-state index in [1.807, 2.05) is 48.5 Å². The summed E-state index contributed by atoms with van der Waals surface area (Å²) in [7, 11) is 0. The third kappa shape index (κ3) is 3.00. The Morgan fingerprint density at radius 1 is 1.00 bits per heavy atom. The van der Waals surface area contributed by atoms with Crippen molar-refractivity contribution < 1.29 is 9.90 Å². The van der Waals surface area contributed by atoms with Gasteiger partial charge in [0.05, 0.1) is 5.56 Å². The summed E-state index contributed by atoms with van der Waals surface area (Å²) in [5.41, 5.74) is 2.93. The summed E-state index contributed by atoms with van der Waals surface area (Å²) in [5.74, 6) is 0.00437. The minimum Gasteiger partial charge on any atom is -0.508 e. The molecule has 4 nitrogen and oxygen atoms in total. The lowest BCUT2D eigenvalue weighted by atomic mass is 10.0. The minimum atomic E-state index is -0.517. The summed E-state index contributed by atoms with van der Waals surface area (Å²) in [4.78, 5) is 14.9. The van der Waals surface area contributed by atoms with E-state index in [4.69, 9.17) is 11.6 Å². The maximum Gasteiger partial charge on any atom is 0.258 e. The first-order chi connectivity index (χ1) is 12.6. The maximum atomic E-state index is 13.2. The van der Waals surface area contributed by atoms with Crippen molar-refractivity contribution in [1.82, 2.24) is 4.90 Å². The third-order valence-electron chi connectivity index (χ3n) is 4.50. The topological polar surface area (TPSA) is 52.6 Å². The smallest absolute Gasteiger partial charge is 0.258 e. The molecule has 0 spiro atoms. The summed E-state index contributed by atoms with van der Waals surface area (Å²) in [6, 6.07) is 22.0. The van der Waals surface area contributed by atoms with Crippen molar-refractivity contribution in [1.29, 1.82) is 0 Å². The lowest BCUT2D eigenvalue weighted by Crippen LogP contribution is -2.42. The fraction of sp³-hybridized carbons (Fsp3) is 0.0952. The summed E-state index contributed by atoms with van der Waals surface area (Å²) in [6.07, 6.45) is -0.517. The maximum absolute atomic E-state index is 13.2. The van der Waals surface area contributed by atoms with E-state index in [0.717, 1.165) is 11.3 Å². The van der Waals surface area contributed by atoms with Crippen LogP contribution in [0.2, 0.25) is 5.02 Å². The number of carbonyl (C=O) groups excluding carboxylic acids is 1. The summed E-state index contributed by atoms with van der Waals surface area (Å²) in [6.45, 7) is 0.414. The Bertz CT molecular complexity index is 959. The van der Waals surface area contributed by atoms with Crippen molar-refractivity contribution in [3.63, 3.8) is 0 Å². The van der Waals surface area contributed by atoms with Crippen molar-refractivity contribution in [2.75, 3.05) is 5.32 Å². The van der Waals surface area contributed by atoms with Gasteiger partial charge in [-0.05, 0) is 35.9 Å². The molecule has 26 heavy (non-hydrogen) atoms. The molecule has 0 aliphatic carbocycles. The van der Waals surface area contributed by atoms with Gasteiger partial charge in [-0.15, -0.1) is 0 Å². The number of amides is 1. The Hall–Kier alpha value is -2.98.